The molecule has 1 rings (SSSR count). The first-order valence-corrected chi connectivity index (χ1v) is 5.20. The molecule has 0 unspecified atom stereocenters. The van der Waals surface area contributed by atoms with E-state index in [0.717, 1.165) is 19.3 Å². The fourth-order valence-corrected chi connectivity index (χ4v) is 1.21. The van der Waals surface area contributed by atoms with Gasteiger partial charge >= 0.3 is 5.97 Å². The summed E-state index contributed by atoms with van der Waals surface area (Å²) in [6.07, 6.45) is 4.40. The van der Waals surface area contributed by atoms with Gasteiger partial charge in [0.15, 0.2) is 0 Å². The van der Waals surface area contributed by atoms with E-state index in [1.165, 1.54) is 6.42 Å². The van der Waals surface area contributed by atoms with Crippen molar-refractivity contribution in [2.75, 3.05) is 6.61 Å². The summed E-state index contributed by atoms with van der Waals surface area (Å²) in [6, 6.07) is 0.356. The quantitative estimate of drug-likeness (QED) is 0.410. The van der Waals surface area contributed by atoms with Gasteiger partial charge in [0.1, 0.15) is 12.3 Å². The molecule has 0 heterocycles. The van der Waals surface area contributed by atoms with Gasteiger partial charge in [0, 0.05) is 0 Å². The predicted octanol–water partition coefficient (Wildman–Crippen LogP) is 1.24. The zero-order valence-electron chi connectivity index (χ0n) is 8.66. The first kappa shape index (κ1) is 11.0. The summed E-state index contributed by atoms with van der Waals surface area (Å²) in [5.74, 6) is 0.142. The van der Waals surface area contributed by atoms with Crippen molar-refractivity contribution >= 4 is 11.8 Å². The highest BCUT2D eigenvalue weighted by molar-refractivity contribution is 5.96. The highest BCUT2D eigenvalue weighted by atomic mass is 16.5. The maximum atomic E-state index is 11.1. The first-order valence-electron chi connectivity index (χ1n) is 5.20. The largest absolute Gasteiger partial charge is 0.465 e. The van der Waals surface area contributed by atoms with Crippen LogP contribution in [-0.2, 0) is 9.53 Å². The number of hydrogen-bond acceptors (Lipinski definition) is 3. The highest BCUT2D eigenvalue weighted by Crippen LogP contribution is 2.21. The standard InChI is InChI=1S/C10H18N2O2/c1-2-6-14-10(13)7-9(11)12-8-4-3-5-8/h8H,2-7H2,1H3,(H2,11,12). The molecule has 1 saturated carbocycles. The van der Waals surface area contributed by atoms with E-state index in [1.54, 1.807) is 0 Å². The lowest BCUT2D eigenvalue weighted by Gasteiger charge is -2.21. The van der Waals surface area contributed by atoms with Crippen LogP contribution in [0.1, 0.15) is 39.0 Å². The molecule has 0 radical (unpaired) electrons. The van der Waals surface area contributed by atoms with Gasteiger partial charge in [-0.15, -0.1) is 0 Å². The number of esters is 1. The van der Waals surface area contributed by atoms with Gasteiger partial charge in [-0.3, -0.25) is 9.79 Å². The third kappa shape index (κ3) is 3.77. The second kappa shape index (κ2) is 5.62. The van der Waals surface area contributed by atoms with Gasteiger partial charge in [-0.25, -0.2) is 0 Å². The van der Waals surface area contributed by atoms with Gasteiger partial charge in [-0.2, -0.15) is 0 Å². The maximum absolute atomic E-state index is 11.1. The molecule has 0 spiro atoms. The van der Waals surface area contributed by atoms with Crippen molar-refractivity contribution < 1.29 is 9.53 Å². The number of carbonyl (C=O) groups excluding carboxylic acids is 1. The van der Waals surface area contributed by atoms with Crippen molar-refractivity contribution in [3.8, 4) is 0 Å². The van der Waals surface area contributed by atoms with Crippen LogP contribution in [0.3, 0.4) is 0 Å². The molecule has 0 amide bonds. The fraction of sp³-hybridized carbons (Fsp3) is 0.800. The topological polar surface area (TPSA) is 64.7 Å². The Hall–Kier alpha value is -1.06. The van der Waals surface area contributed by atoms with Gasteiger partial charge in [-0.1, -0.05) is 6.92 Å². The third-order valence-electron chi connectivity index (χ3n) is 2.22. The Balaban J connectivity index is 2.20. The Morgan fingerprint density at radius 1 is 1.57 bits per heavy atom. The number of aliphatic imine (C=N–C) groups is 1. The molecule has 1 aliphatic rings. The number of carbonyl (C=O) groups is 1. The van der Waals surface area contributed by atoms with Crippen LogP contribution in [-0.4, -0.2) is 24.5 Å². The van der Waals surface area contributed by atoms with Crippen LogP contribution in [0, 0.1) is 0 Å². The van der Waals surface area contributed by atoms with E-state index < -0.39 is 0 Å². The summed E-state index contributed by atoms with van der Waals surface area (Å²) in [4.78, 5) is 15.3. The number of nitrogens with two attached hydrogens (primary N) is 1. The third-order valence-corrected chi connectivity index (χ3v) is 2.22. The van der Waals surface area contributed by atoms with E-state index in [4.69, 9.17) is 10.5 Å². The summed E-state index contributed by atoms with van der Waals surface area (Å²) in [6.45, 7) is 2.43. The van der Waals surface area contributed by atoms with Crippen LogP contribution in [0.15, 0.2) is 4.99 Å². The smallest absolute Gasteiger partial charge is 0.313 e. The van der Waals surface area contributed by atoms with Gasteiger partial charge in [-0.05, 0) is 25.7 Å². The van der Waals surface area contributed by atoms with E-state index in [2.05, 4.69) is 4.99 Å². The minimum absolute atomic E-state index is 0.135. The molecule has 2 N–H and O–H groups in total. The molecule has 0 bridgehead atoms. The van der Waals surface area contributed by atoms with Crippen molar-refractivity contribution in [2.45, 2.75) is 45.1 Å². The molecule has 0 atom stereocenters. The monoisotopic (exact) mass is 198 g/mol. The van der Waals surface area contributed by atoms with Crippen LogP contribution in [0.4, 0.5) is 0 Å². The maximum Gasteiger partial charge on any atom is 0.313 e. The van der Waals surface area contributed by atoms with Crippen LogP contribution >= 0.6 is 0 Å². The number of nitrogens with zero attached hydrogens (tertiary/aromatic N) is 1. The Kier molecular flexibility index (Phi) is 4.43. The molecule has 0 aliphatic heterocycles. The molecule has 1 aliphatic carbocycles. The first-order chi connectivity index (χ1) is 6.72. The van der Waals surface area contributed by atoms with Gasteiger partial charge in [0.25, 0.3) is 0 Å². The fourth-order valence-electron chi connectivity index (χ4n) is 1.21. The Bertz CT molecular complexity index is 222. The van der Waals surface area contributed by atoms with Crippen molar-refractivity contribution in [3.05, 3.63) is 0 Å². The molecular formula is C10H18N2O2. The number of ether oxygens (including phenoxy) is 1. The van der Waals surface area contributed by atoms with Crippen molar-refractivity contribution in [3.63, 3.8) is 0 Å². The average Bonchev–Trinajstić information content (AvgIpc) is 2.08. The van der Waals surface area contributed by atoms with E-state index in [-0.39, 0.29) is 12.4 Å². The second-order valence-corrected chi connectivity index (χ2v) is 3.60. The molecule has 0 aromatic rings. The minimum atomic E-state index is -0.271. The minimum Gasteiger partial charge on any atom is -0.465 e. The zero-order valence-corrected chi connectivity index (χ0v) is 8.66. The lowest BCUT2D eigenvalue weighted by atomic mass is 9.94. The second-order valence-electron chi connectivity index (χ2n) is 3.60. The molecule has 1 fully saturated rings. The van der Waals surface area contributed by atoms with Crippen LogP contribution in [0.25, 0.3) is 0 Å². The SMILES string of the molecule is CCCOC(=O)CC(N)=NC1CCC1. The summed E-state index contributed by atoms with van der Waals surface area (Å²) >= 11 is 0. The molecule has 0 aromatic carbocycles. The number of hydrogen-bond donors (Lipinski definition) is 1. The summed E-state index contributed by atoms with van der Waals surface area (Å²) in [5, 5.41) is 0. The highest BCUT2D eigenvalue weighted by Gasteiger charge is 2.17. The number of rotatable bonds is 5. The van der Waals surface area contributed by atoms with Crippen LogP contribution in [0.2, 0.25) is 0 Å². The Morgan fingerprint density at radius 2 is 2.29 bits per heavy atom. The van der Waals surface area contributed by atoms with E-state index in [0.29, 0.717) is 18.5 Å². The summed E-state index contributed by atoms with van der Waals surface area (Å²) in [7, 11) is 0. The van der Waals surface area contributed by atoms with Crippen molar-refractivity contribution in [1.82, 2.24) is 0 Å². The van der Waals surface area contributed by atoms with E-state index in [9.17, 15) is 4.79 Å². The Labute approximate surface area is 84.5 Å². The normalized spacial score (nSPS) is 17.6. The van der Waals surface area contributed by atoms with Gasteiger partial charge in [0.2, 0.25) is 0 Å². The zero-order chi connectivity index (χ0) is 10.4. The summed E-state index contributed by atoms with van der Waals surface area (Å²) in [5.41, 5.74) is 5.61. The van der Waals surface area contributed by atoms with E-state index >= 15 is 0 Å². The molecule has 14 heavy (non-hydrogen) atoms. The predicted molar refractivity (Wildman–Crippen MR) is 55.1 cm³/mol. The lowest BCUT2D eigenvalue weighted by Crippen LogP contribution is -2.24. The number of amidine groups is 1. The molecular weight excluding hydrogens is 180 g/mol. The molecule has 80 valence electrons. The molecule has 0 aromatic heterocycles. The van der Waals surface area contributed by atoms with Gasteiger partial charge < -0.3 is 10.5 Å². The summed E-state index contributed by atoms with van der Waals surface area (Å²) < 4.78 is 4.90. The Morgan fingerprint density at radius 3 is 2.79 bits per heavy atom. The van der Waals surface area contributed by atoms with Crippen molar-refractivity contribution in [1.29, 1.82) is 0 Å². The molecule has 4 nitrogen and oxygen atoms in total. The molecule has 4 heteroatoms. The van der Waals surface area contributed by atoms with Crippen LogP contribution in [0.5, 0.6) is 0 Å². The van der Waals surface area contributed by atoms with Crippen molar-refractivity contribution in [2.24, 2.45) is 10.7 Å². The average molecular weight is 198 g/mol. The lowest BCUT2D eigenvalue weighted by molar-refractivity contribution is -0.142. The van der Waals surface area contributed by atoms with Crippen LogP contribution < -0.4 is 5.73 Å². The van der Waals surface area contributed by atoms with Gasteiger partial charge in [0.05, 0.1) is 12.6 Å². The molecule has 0 saturated heterocycles. The van der Waals surface area contributed by atoms with E-state index in [1.807, 2.05) is 6.92 Å².